The van der Waals surface area contributed by atoms with Gasteiger partial charge in [0.2, 0.25) is 0 Å². The molecular weight excluding hydrogens is 334 g/mol. The van der Waals surface area contributed by atoms with Gasteiger partial charge in [0.05, 0.1) is 0 Å². The maximum Gasteiger partial charge on any atom is 0.170 e. The first-order chi connectivity index (χ1) is 12.6. The van der Waals surface area contributed by atoms with Crippen molar-refractivity contribution >= 4 is 0 Å². The van der Waals surface area contributed by atoms with Gasteiger partial charge in [-0.3, -0.25) is 0 Å². The lowest BCUT2D eigenvalue weighted by atomic mass is 10.1. The molecule has 3 rings (SSSR count). The Morgan fingerprint density at radius 1 is 0.615 bits per heavy atom. The van der Waals surface area contributed by atoms with Gasteiger partial charge in [0.15, 0.2) is 34.6 Å². The molecule has 134 valence electrons. The fourth-order valence-electron chi connectivity index (χ4n) is 2.55. The van der Waals surface area contributed by atoms with Crippen molar-refractivity contribution < 1.29 is 18.3 Å². The van der Waals surface area contributed by atoms with E-state index in [4.69, 9.17) is 9.47 Å². The van der Waals surface area contributed by atoms with E-state index in [1.165, 1.54) is 12.1 Å². The highest BCUT2D eigenvalue weighted by Crippen LogP contribution is 2.36. The molecule has 0 aliphatic carbocycles. The fourth-order valence-corrected chi connectivity index (χ4v) is 2.55. The van der Waals surface area contributed by atoms with Crippen LogP contribution in [0.1, 0.15) is 25.0 Å². The first kappa shape index (κ1) is 17.9. The Hall–Kier alpha value is -2.88. The highest BCUT2D eigenvalue weighted by atomic mass is 19.1. The first-order valence-electron chi connectivity index (χ1n) is 8.62. The molecule has 0 unspecified atom stereocenters. The zero-order chi connectivity index (χ0) is 18.5. The summed E-state index contributed by atoms with van der Waals surface area (Å²) >= 11 is 0. The normalized spacial score (nSPS) is 10.6. The van der Waals surface area contributed by atoms with Crippen LogP contribution in [0, 0.1) is 11.6 Å². The minimum absolute atomic E-state index is 0.114. The van der Waals surface area contributed by atoms with Gasteiger partial charge in [-0.2, -0.15) is 0 Å². The molecule has 0 aliphatic heterocycles. The van der Waals surface area contributed by atoms with Gasteiger partial charge in [0.1, 0.15) is 0 Å². The van der Waals surface area contributed by atoms with E-state index in [-0.39, 0.29) is 11.5 Å². The van der Waals surface area contributed by atoms with Crippen molar-refractivity contribution in [1.82, 2.24) is 0 Å². The summed E-state index contributed by atoms with van der Waals surface area (Å²) in [4.78, 5) is 0. The van der Waals surface area contributed by atoms with Crippen molar-refractivity contribution in [1.29, 1.82) is 0 Å². The van der Waals surface area contributed by atoms with E-state index in [0.717, 1.165) is 24.0 Å². The number of rotatable bonds is 6. The Labute approximate surface area is 152 Å². The highest BCUT2D eigenvalue weighted by Gasteiger charge is 2.13. The van der Waals surface area contributed by atoms with Crippen molar-refractivity contribution in [3.63, 3.8) is 0 Å². The molecule has 2 nitrogen and oxygen atoms in total. The van der Waals surface area contributed by atoms with E-state index >= 15 is 0 Å². The maximum absolute atomic E-state index is 14.1. The molecule has 0 N–H and O–H groups in total. The van der Waals surface area contributed by atoms with Crippen LogP contribution in [-0.4, -0.2) is 0 Å². The van der Waals surface area contributed by atoms with Gasteiger partial charge in [-0.1, -0.05) is 38.1 Å². The second-order valence-electron chi connectivity index (χ2n) is 5.89. The van der Waals surface area contributed by atoms with Crippen LogP contribution in [0.4, 0.5) is 8.78 Å². The summed E-state index contributed by atoms with van der Waals surface area (Å²) in [7, 11) is 0. The zero-order valence-corrected chi connectivity index (χ0v) is 14.8. The highest BCUT2D eigenvalue weighted by molar-refractivity contribution is 5.46. The van der Waals surface area contributed by atoms with E-state index in [1.54, 1.807) is 48.5 Å². The Morgan fingerprint density at radius 2 is 1.04 bits per heavy atom. The molecule has 0 atom stereocenters. The van der Waals surface area contributed by atoms with Gasteiger partial charge in [-0.25, -0.2) is 8.78 Å². The smallest absolute Gasteiger partial charge is 0.170 e. The molecule has 0 aromatic heterocycles. The molecule has 3 aromatic rings. The summed E-state index contributed by atoms with van der Waals surface area (Å²) in [6.45, 7) is 3.97. The molecule has 0 amide bonds. The van der Waals surface area contributed by atoms with Gasteiger partial charge < -0.3 is 9.47 Å². The Morgan fingerprint density at radius 3 is 1.42 bits per heavy atom. The van der Waals surface area contributed by atoms with E-state index in [9.17, 15) is 8.78 Å². The summed E-state index contributed by atoms with van der Waals surface area (Å²) in [6.07, 6.45) is 1.54. The third kappa shape index (κ3) is 4.02. The molecule has 4 heteroatoms. The molecule has 0 saturated heterocycles. The van der Waals surface area contributed by atoms with Crippen LogP contribution in [0.5, 0.6) is 23.0 Å². The van der Waals surface area contributed by atoms with Crippen molar-refractivity contribution in [2.24, 2.45) is 0 Å². The van der Waals surface area contributed by atoms with Crippen molar-refractivity contribution in [3.8, 4) is 23.0 Å². The average molecular weight is 354 g/mol. The topological polar surface area (TPSA) is 18.5 Å². The molecule has 0 aliphatic rings. The molecule has 0 heterocycles. The van der Waals surface area contributed by atoms with Gasteiger partial charge >= 0.3 is 0 Å². The molecule has 0 spiro atoms. The van der Waals surface area contributed by atoms with Crippen molar-refractivity contribution in [2.45, 2.75) is 26.7 Å². The summed E-state index contributed by atoms with van der Waals surface area (Å²) in [5.41, 5.74) is 1.92. The zero-order valence-electron chi connectivity index (χ0n) is 14.8. The summed E-state index contributed by atoms with van der Waals surface area (Å²) in [6, 6.07) is 16.3. The number of hydrogen-bond donors (Lipinski definition) is 0. The number of aryl methyl sites for hydroxylation is 2. The summed E-state index contributed by atoms with van der Waals surface area (Å²) in [5, 5.41) is 0. The minimum Gasteiger partial charge on any atom is -0.450 e. The number of benzene rings is 3. The maximum atomic E-state index is 14.1. The largest absolute Gasteiger partial charge is 0.450 e. The lowest BCUT2D eigenvalue weighted by Gasteiger charge is -2.14. The molecule has 0 fully saturated rings. The van der Waals surface area contributed by atoms with Crippen LogP contribution in [-0.2, 0) is 12.8 Å². The summed E-state index contributed by atoms with van der Waals surface area (Å²) < 4.78 is 39.6. The number of para-hydroxylation sites is 2. The number of hydrogen-bond acceptors (Lipinski definition) is 2. The molecule has 26 heavy (non-hydrogen) atoms. The quantitative estimate of drug-likeness (QED) is 0.492. The fraction of sp³-hybridized carbons (Fsp3) is 0.182. The lowest BCUT2D eigenvalue weighted by molar-refractivity contribution is 0.390. The monoisotopic (exact) mass is 354 g/mol. The van der Waals surface area contributed by atoms with Gasteiger partial charge in [0.25, 0.3) is 0 Å². The predicted octanol–water partition coefficient (Wildman–Crippen LogP) is 6.67. The second-order valence-corrected chi connectivity index (χ2v) is 5.89. The van der Waals surface area contributed by atoms with Crippen LogP contribution in [0.15, 0.2) is 60.7 Å². The summed E-state index contributed by atoms with van der Waals surface area (Å²) in [5.74, 6) is -0.0550. The minimum atomic E-state index is -0.462. The standard InChI is InChI=1S/C22H20F2O2/c1-3-15-9-11-17(23)21(13-15)25-19-7-5-6-8-20(19)26-22-14-16(4-2)10-12-18(22)24/h5-14H,3-4H2,1-2H3. The van der Waals surface area contributed by atoms with E-state index in [1.807, 2.05) is 13.8 Å². The molecular formula is C22H20F2O2. The van der Waals surface area contributed by atoms with Crippen LogP contribution >= 0.6 is 0 Å². The van der Waals surface area contributed by atoms with E-state index in [0.29, 0.717) is 11.5 Å². The van der Waals surface area contributed by atoms with Gasteiger partial charge in [0, 0.05) is 0 Å². The van der Waals surface area contributed by atoms with Crippen LogP contribution in [0.3, 0.4) is 0 Å². The van der Waals surface area contributed by atoms with E-state index < -0.39 is 11.6 Å². The lowest BCUT2D eigenvalue weighted by Crippen LogP contribution is -1.95. The first-order valence-corrected chi connectivity index (χ1v) is 8.62. The Kier molecular flexibility index (Phi) is 5.52. The number of ether oxygens (including phenoxy) is 2. The van der Waals surface area contributed by atoms with Crippen LogP contribution in [0.2, 0.25) is 0 Å². The third-order valence-corrected chi connectivity index (χ3v) is 4.10. The molecule has 0 saturated carbocycles. The van der Waals surface area contributed by atoms with Crippen LogP contribution < -0.4 is 9.47 Å². The molecule has 0 bridgehead atoms. The van der Waals surface area contributed by atoms with Gasteiger partial charge in [-0.15, -0.1) is 0 Å². The van der Waals surface area contributed by atoms with Crippen molar-refractivity contribution in [3.05, 3.63) is 83.4 Å². The van der Waals surface area contributed by atoms with Gasteiger partial charge in [-0.05, 0) is 60.4 Å². The SMILES string of the molecule is CCc1ccc(F)c(Oc2ccccc2Oc2cc(CC)ccc2F)c1. The Bertz CT molecular complexity index is 832. The Balaban J connectivity index is 1.92. The average Bonchev–Trinajstić information content (AvgIpc) is 2.66. The second kappa shape index (κ2) is 8.00. The molecule has 0 radical (unpaired) electrons. The van der Waals surface area contributed by atoms with E-state index in [2.05, 4.69) is 0 Å². The van der Waals surface area contributed by atoms with Crippen molar-refractivity contribution in [2.75, 3.05) is 0 Å². The molecule has 3 aromatic carbocycles. The third-order valence-electron chi connectivity index (χ3n) is 4.10. The van der Waals surface area contributed by atoms with Crippen LogP contribution in [0.25, 0.3) is 0 Å². The predicted molar refractivity (Wildman–Crippen MR) is 98.1 cm³/mol. The number of halogens is 2.